The Morgan fingerprint density at radius 1 is 0.950 bits per heavy atom. The van der Waals surface area contributed by atoms with Gasteiger partial charge in [-0.25, -0.2) is 0 Å². The summed E-state index contributed by atoms with van der Waals surface area (Å²) in [6.45, 7) is 4.00. The lowest BCUT2D eigenvalue weighted by atomic mass is 9.83. The number of hydrogen-bond donors (Lipinski definition) is 1. The van der Waals surface area contributed by atoms with Gasteiger partial charge in [0.15, 0.2) is 0 Å². The molecule has 5 nitrogen and oxygen atoms in total. The second kappa shape index (κ2) is 4.72. The van der Waals surface area contributed by atoms with Crippen LogP contribution >= 0.6 is 0 Å². The van der Waals surface area contributed by atoms with Crippen molar-refractivity contribution in [1.29, 1.82) is 0 Å². The predicted molar refractivity (Wildman–Crippen MR) is 73.9 cm³/mol. The Labute approximate surface area is 119 Å². The van der Waals surface area contributed by atoms with E-state index in [0.29, 0.717) is 30.8 Å². The van der Waals surface area contributed by atoms with E-state index in [2.05, 4.69) is 15.1 Å². The monoisotopic (exact) mass is 277 g/mol. The molecule has 5 heteroatoms. The van der Waals surface area contributed by atoms with E-state index in [4.69, 9.17) is 0 Å². The molecule has 2 amide bonds. The van der Waals surface area contributed by atoms with E-state index < -0.39 is 0 Å². The fourth-order valence-corrected chi connectivity index (χ4v) is 4.18. The maximum atomic E-state index is 12.8. The van der Waals surface area contributed by atoms with Crippen molar-refractivity contribution >= 4 is 11.8 Å². The van der Waals surface area contributed by atoms with E-state index in [-0.39, 0.29) is 17.9 Å². The highest BCUT2D eigenvalue weighted by atomic mass is 16.2. The van der Waals surface area contributed by atoms with E-state index in [1.54, 1.807) is 0 Å². The first-order chi connectivity index (χ1) is 9.72. The highest BCUT2D eigenvalue weighted by Crippen LogP contribution is 2.36. The second-order valence-electron chi connectivity index (χ2n) is 6.87. The Morgan fingerprint density at radius 2 is 1.70 bits per heavy atom. The zero-order chi connectivity index (χ0) is 13.7. The van der Waals surface area contributed by atoms with Gasteiger partial charge >= 0.3 is 0 Å². The van der Waals surface area contributed by atoms with Crippen molar-refractivity contribution < 1.29 is 9.59 Å². The Kier molecular flexibility index (Phi) is 2.98. The van der Waals surface area contributed by atoms with Gasteiger partial charge in [-0.3, -0.25) is 9.59 Å². The zero-order valence-electron chi connectivity index (χ0n) is 11.9. The highest BCUT2D eigenvalue weighted by molar-refractivity contribution is 5.90. The molecule has 1 aliphatic carbocycles. The van der Waals surface area contributed by atoms with Crippen LogP contribution in [0.15, 0.2) is 0 Å². The maximum absolute atomic E-state index is 12.8. The molecule has 4 saturated heterocycles. The number of nitrogens with zero attached hydrogens (tertiary/aromatic N) is 2. The van der Waals surface area contributed by atoms with Crippen LogP contribution in [0.2, 0.25) is 0 Å². The highest BCUT2D eigenvalue weighted by Gasteiger charge is 2.46. The van der Waals surface area contributed by atoms with E-state index >= 15 is 0 Å². The van der Waals surface area contributed by atoms with Crippen molar-refractivity contribution in [2.75, 3.05) is 26.2 Å². The maximum Gasteiger partial charge on any atom is 0.245 e. The molecule has 0 radical (unpaired) electrons. The fraction of sp³-hybridized carbons (Fsp3) is 0.867. The summed E-state index contributed by atoms with van der Waals surface area (Å²) in [7, 11) is 0. The second-order valence-corrected chi connectivity index (χ2v) is 6.87. The third kappa shape index (κ3) is 2.12. The summed E-state index contributed by atoms with van der Waals surface area (Å²) in [5.41, 5.74) is 0. The molecular weight excluding hydrogens is 254 g/mol. The van der Waals surface area contributed by atoms with Crippen molar-refractivity contribution in [3.63, 3.8) is 0 Å². The summed E-state index contributed by atoms with van der Waals surface area (Å²) < 4.78 is 0. The number of carbonyl (C=O) groups excluding carboxylic acids is 2. The molecule has 4 heterocycles. The van der Waals surface area contributed by atoms with Gasteiger partial charge in [0, 0.05) is 25.6 Å². The van der Waals surface area contributed by atoms with Gasteiger partial charge in [0.1, 0.15) is 6.04 Å². The minimum absolute atomic E-state index is 0.0547. The Hall–Kier alpha value is -1.10. The molecule has 110 valence electrons. The third-order valence-corrected chi connectivity index (χ3v) is 5.56. The molecule has 5 fully saturated rings. The zero-order valence-corrected chi connectivity index (χ0v) is 11.9. The van der Waals surface area contributed by atoms with Crippen molar-refractivity contribution in [2.24, 2.45) is 11.8 Å². The lowest BCUT2D eigenvalue weighted by Crippen LogP contribution is -2.60. The third-order valence-electron chi connectivity index (χ3n) is 5.56. The smallest absolute Gasteiger partial charge is 0.245 e. The first-order valence-electron chi connectivity index (χ1n) is 8.04. The van der Waals surface area contributed by atoms with Crippen molar-refractivity contribution in [2.45, 2.75) is 44.2 Å². The van der Waals surface area contributed by atoms with Crippen LogP contribution in [-0.4, -0.2) is 59.9 Å². The van der Waals surface area contributed by atoms with Crippen LogP contribution in [0.5, 0.6) is 0 Å². The summed E-state index contributed by atoms with van der Waals surface area (Å²) >= 11 is 0. The van der Waals surface area contributed by atoms with E-state index in [9.17, 15) is 9.59 Å². The predicted octanol–water partition coefficient (Wildman–Crippen LogP) is 0.208. The molecule has 1 saturated carbocycles. The molecule has 0 spiro atoms. The molecule has 5 rings (SSSR count). The van der Waals surface area contributed by atoms with Crippen LogP contribution in [0, 0.1) is 11.8 Å². The summed E-state index contributed by atoms with van der Waals surface area (Å²) in [4.78, 5) is 29.2. The van der Waals surface area contributed by atoms with Gasteiger partial charge in [0.25, 0.3) is 0 Å². The molecule has 20 heavy (non-hydrogen) atoms. The topological polar surface area (TPSA) is 52.7 Å². The first-order valence-corrected chi connectivity index (χ1v) is 8.04. The standard InChI is InChI=1S/C15H23N3O2/c19-13-5-8-18(15(20)14(16-13)11-1-2-11)12-9-17-6-3-10(12)4-7-17/h10-12,14H,1-9H2,(H,16,19). The summed E-state index contributed by atoms with van der Waals surface area (Å²) in [6, 6.07) is 0.111. The normalized spacial score (nSPS) is 41.5. The number of piperidine rings is 3. The minimum Gasteiger partial charge on any atom is -0.344 e. The molecule has 0 aromatic carbocycles. The summed E-state index contributed by atoms with van der Waals surface area (Å²) in [5, 5.41) is 2.96. The fourth-order valence-electron chi connectivity index (χ4n) is 4.18. The molecule has 2 atom stereocenters. The van der Waals surface area contributed by atoms with Crippen LogP contribution in [-0.2, 0) is 9.59 Å². The van der Waals surface area contributed by atoms with Gasteiger partial charge in [-0.15, -0.1) is 0 Å². The summed E-state index contributed by atoms with van der Waals surface area (Å²) in [6.07, 6.45) is 5.07. The number of hydrogen-bond acceptors (Lipinski definition) is 3. The van der Waals surface area contributed by atoms with Gasteiger partial charge in [0.05, 0.1) is 0 Å². The van der Waals surface area contributed by atoms with Gasteiger partial charge in [-0.1, -0.05) is 0 Å². The van der Waals surface area contributed by atoms with E-state index in [0.717, 1.165) is 19.4 Å². The van der Waals surface area contributed by atoms with Gasteiger partial charge in [-0.2, -0.15) is 0 Å². The lowest BCUT2D eigenvalue weighted by Gasteiger charge is -2.49. The average Bonchev–Trinajstić information content (AvgIpc) is 3.30. The van der Waals surface area contributed by atoms with E-state index in [1.165, 1.54) is 25.9 Å². The molecule has 5 aliphatic rings. The van der Waals surface area contributed by atoms with Gasteiger partial charge < -0.3 is 15.1 Å². The van der Waals surface area contributed by atoms with Crippen molar-refractivity contribution in [3.8, 4) is 0 Å². The average molecular weight is 277 g/mol. The van der Waals surface area contributed by atoms with Crippen molar-refractivity contribution in [1.82, 2.24) is 15.1 Å². The number of carbonyl (C=O) groups is 2. The molecule has 1 N–H and O–H groups in total. The Morgan fingerprint density at radius 3 is 2.30 bits per heavy atom. The van der Waals surface area contributed by atoms with Gasteiger partial charge in [0.2, 0.25) is 11.8 Å². The molecule has 2 bridgehead atoms. The Balaban J connectivity index is 1.56. The number of amides is 2. The van der Waals surface area contributed by atoms with Crippen molar-refractivity contribution in [3.05, 3.63) is 0 Å². The van der Waals surface area contributed by atoms with Crippen LogP contribution in [0.1, 0.15) is 32.1 Å². The quantitative estimate of drug-likeness (QED) is 0.785. The molecule has 2 unspecified atom stereocenters. The lowest BCUT2D eigenvalue weighted by molar-refractivity contribution is -0.140. The molecular formula is C15H23N3O2. The SMILES string of the molecule is O=C1CCN(C2CN3CCC2CC3)C(=O)C(C2CC2)N1. The van der Waals surface area contributed by atoms with Crippen LogP contribution < -0.4 is 5.32 Å². The largest absolute Gasteiger partial charge is 0.344 e. The van der Waals surface area contributed by atoms with E-state index in [1.807, 2.05) is 0 Å². The number of rotatable bonds is 2. The molecule has 0 aromatic heterocycles. The number of fused-ring (bicyclic) bond motifs is 3. The van der Waals surface area contributed by atoms with Crippen LogP contribution in [0.25, 0.3) is 0 Å². The summed E-state index contributed by atoms with van der Waals surface area (Å²) in [5.74, 6) is 1.29. The minimum atomic E-state index is -0.236. The first kappa shape index (κ1) is 12.6. The molecule has 4 aliphatic heterocycles. The Bertz CT molecular complexity index is 427. The number of nitrogens with one attached hydrogen (secondary N) is 1. The van der Waals surface area contributed by atoms with Gasteiger partial charge in [-0.05, 0) is 50.6 Å². The van der Waals surface area contributed by atoms with Crippen LogP contribution in [0.4, 0.5) is 0 Å². The van der Waals surface area contributed by atoms with Crippen LogP contribution in [0.3, 0.4) is 0 Å². The molecule has 0 aromatic rings.